The van der Waals surface area contributed by atoms with E-state index in [-0.39, 0.29) is 5.78 Å². The summed E-state index contributed by atoms with van der Waals surface area (Å²) in [6, 6.07) is 0. The van der Waals surface area contributed by atoms with Crippen LogP contribution < -0.4 is 4.72 Å². The van der Waals surface area contributed by atoms with E-state index in [9.17, 15) is 4.79 Å². The summed E-state index contributed by atoms with van der Waals surface area (Å²) in [5.41, 5.74) is 0.986. The van der Waals surface area contributed by atoms with Crippen molar-refractivity contribution in [1.82, 2.24) is 4.72 Å². The van der Waals surface area contributed by atoms with E-state index in [4.69, 9.17) is 0 Å². The standard InChI is InChI=1S/C7H9NOS/c1-6(9)5-7-3-2-4-10-8-7/h2-4,8H,5H2,1H3. The predicted octanol–water partition coefficient (Wildman–Crippen LogP) is 1.61. The summed E-state index contributed by atoms with van der Waals surface area (Å²) >= 11 is 1.49. The number of carbonyl (C=O) groups excluding carboxylic acids is 1. The lowest BCUT2D eigenvalue weighted by Gasteiger charge is -2.07. The van der Waals surface area contributed by atoms with E-state index < -0.39 is 0 Å². The maximum atomic E-state index is 10.6. The van der Waals surface area contributed by atoms with Crippen molar-refractivity contribution in [3.63, 3.8) is 0 Å². The molecule has 3 heteroatoms. The Labute approximate surface area is 64.5 Å². The molecule has 0 atom stereocenters. The molecule has 0 radical (unpaired) electrons. The Kier molecular flexibility index (Phi) is 2.57. The largest absolute Gasteiger partial charge is 0.329 e. The third-order valence-electron chi connectivity index (χ3n) is 1.07. The minimum atomic E-state index is 0.189. The number of ketones is 1. The molecule has 0 aliphatic carbocycles. The van der Waals surface area contributed by atoms with Gasteiger partial charge in [-0.1, -0.05) is 6.08 Å². The molecule has 10 heavy (non-hydrogen) atoms. The first-order chi connectivity index (χ1) is 4.79. The van der Waals surface area contributed by atoms with Gasteiger partial charge in [0.15, 0.2) is 0 Å². The van der Waals surface area contributed by atoms with Gasteiger partial charge in [0.1, 0.15) is 5.78 Å². The van der Waals surface area contributed by atoms with E-state index in [1.807, 2.05) is 17.6 Å². The first-order valence-electron chi connectivity index (χ1n) is 3.06. The van der Waals surface area contributed by atoms with Gasteiger partial charge in [-0.3, -0.25) is 4.79 Å². The lowest BCUT2D eigenvalue weighted by Crippen LogP contribution is -2.07. The fourth-order valence-electron chi connectivity index (χ4n) is 0.702. The van der Waals surface area contributed by atoms with Crippen LogP contribution in [0.3, 0.4) is 0 Å². The minimum absolute atomic E-state index is 0.189. The van der Waals surface area contributed by atoms with Crippen molar-refractivity contribution >= 4 is 17.7 Å². The Bertz CT molecular complexity index is 196. The van der Waals surface area contributed by atoms with Crippen LogP contribution in [0.2, 0.25) is 0 Å². The lowest BCUT2D eigenvalue weighted by atomic mass is 10.2. The van der Waals surface area contributed by atoms with Gasteiger partial charge < -0.3 is 4.72 Å². The fraction of sp³-hybridized carbons (Fsp3) is 0.286. The van der Waals surface area contributed by atoms with Crippen LogP contribution >= 0.6 is 11.9 Å². The van der Waals surface area contributed by atoms with Crippen molar-refractivity contribution in [3.8, 4) is 0 Å². The van der Waals surface area contributed by atoms with Gasteiger partial charge in [-0.15, -0.1) is 0 Å². The van der Waals surface area contributed by atoms with Gasteiger partial charge in [-0.25, -0.2) is 0 Å². The SMILES string of the molecule is CC(=O)CC1=CC=CSN1. The molecule has 0 aromatic carbocycles. The molecule has 0 aromatic rings. The average molecular weight is 155 g/mol. The highest BCUT2D eigenvalue weighted by atomic mass is 32.2. The molecule has 0 unspecified atom stereocenters. The van der Waals surface area contributed by atoms with Crippen LogP contribution in [0.25, 0.3) is 0 Å². The molecule has 1 rings (SSSR count). The van der Waals surface area contributed by atoms with Gasteiger partial charge in [0.05, 0.1) is 0 Å². The minimum Gasteiger partial charge on any atom is -0.329 e. The second-order valence-electron chi connectivity index (χ2n) is 2.12. The molecule has 0 spiro atoms. The molecule has 1 N–H and O–H groups in total. The Morgan fingerprint density at radius 2 is 2.60 bits per heavy atom. The van der Waals surface area contributed by atoms with Crippen LogP contribution in [-0.2, 0) is 4.79 Å². The van der Waals surface area contributed by atoms with Crippen molar-refractivity contribution in [2.24, 2.45) is 0 Å². The zero-order valence-corrected chi connectivity index (χ0v) is 6.57. The molecule has 0 fully saturated rings. The van der Waals surface area contributed by atoms with Crippen LogP contribution in [-0.4, -0.2) is 5.78 Å². The van der Waals surface area contributed by atoms with Gasteiger partial charge in [0.2, 0.25) is 0 Å². The summed E-state index contributed by atoms with van der Waals surface area (Å²) in [5.74, 6) is 0.189. The number of Topliss-reactive ketones (excluding diaryl/α,β-unsaturated/α-hetero) is 1. The van der Waals surface area contributed by atoms with Crippen LogP contribution in [0, 0.1) is 0 Å². The summed E-state index contributed by atoms with van der Waals surface area (Å²) in [4.78, 5) is 10.6. The van der Waals surface area contributed by atoms with E-state index >= 15 is 0 Å². The van der Waals surface area contributed by atoms with E-state index in [0.717, 1.165) is 5.70 Å². The molecule has 0 bridgehead atoms. The van der Waals surface area contributed by atoms with Gasteiger partial charge in [0.25, 0.3) is 0 Å². The number of carbonyl (C=O) groups is 1. The van der Waals surface area contributed by atoms with Gasteiger partial charge in [0, 0.05) is 12.1 Å². The molecule has 0 saturated carbocycles. The fourth-order valence-corrected chi connectivity index (χ4v) is 1.22. The first-order valence-corrected chi connectivity index (χ1v) is 3.94. The summed E-state index contributed by atoms with van der Waals surface area (Å²) < 4.78 is 3.02. The summed E-state index contributed by atoms with van der Waals surface area (Å²) in [5, 5.41) is 1.93. The zero-order valence-electron chi connectivity index (χ0n) is 5.76. The Hall–Kier alpha value is -0.700. The summed E-state index contributed by atoms with van der Waals surface area (Å²) in [7, 11) is 0. The quantitative estimate of drug-likeness (QED) is 0.614. The summed E-state index contributed by atoms with van der Waals surface area (Å²) in [6.45, 7) is 1.59. The smallest absolute Gasteiger partial charge is 0.135 e. The number of hydrogen-bond acceptors (Lipinski definition) is 3. The topological polar surface area (TPSA) is 29.1 Å². The molecule has 2 nitrogen and oxygen atoms in total. The number of hydrogen-bond donors (Lipinski definition) is 1. The van der Waals surface area contributed by atoms with Crippen LogP contribution in [0.4, 0.5) is 0 Å². The second-order valence-corrected chi connectivity index (χ2v) is 2.83. The molecular weight excluding hydrogens is 146 g/mol. The summed E-state index contributed by atoms with van der Waals surface area (Å²) in [6.07, 6.45) is 4.36. The highest BCUT2D eigenvalue weighted by molar-refractivity contribution is 8.00. The predicted molar refractivity (Wildman–Crippen MR) is 43.2 cm³/mol. The Balaban J connectivity index is 2.47. The zero-order chi connectivity index (χ0) is 7.40. The molecule has 0 aromatic heterocycles. The first kappa shape index (κ1) is 7.41. The van der Waals surface area contributed by atoms with Crippen molar-refractivity contribution in [2.45, 2.75) is 13.3 Å². The molecule has 0 saturated heterocycles. The number of nitrogens with one attached hydrogen (secondary N) is 1. The molecule has 1 heterocycles. The van der Waals surface area contributed by atoms with Gasteiger partial charge in [-0.2, -0.15) is 0 Å². The molecule has 54 valence electrons. The second kappa shape index (κ2) is 3.46. The molecule has 0 amide bonds. The normalized spacial score (nSPS) is 15.9. The van der Waals surface area contributed by atoms with Crippen molar-refractivity contribution in [2.75, 3.05) is 0 Å². The Morgan fingerprint density at radius 1 is 1.80 bits per heavy atom. The van der Waals surface area contributed by atoms with Gasteiger partial charge in [-0.05, 0) is 30.4 Å². The molecule has 1 aliphatic heterocycles. The number of rotatable bonds is 2. The molecule has 1 aliphatic rings. The third-order valence-corrected chi connectivity index (χ3v) is 1.75. The van der Waals surface area contributed by atoms with Gasteiger partial charge >= 0.3 is 0 Å². The highest BCUT2D eigenvalue weighted by Crippen LogP contribution is 2.10. The van der Waals surface area contributed by atoms with Crippen molar-refractivity contribution < 1.29 is 4.79 Å². The highest BCUT2D eigenvalue weighted by Gasteiger charge is 2.00. The van der Waals surface area contributed by atoms with E-state index in [1.165, 1.54) is 11.9 Å². The maximum Gasteiger partial charge on any atom is 0.135 e. The maximum absolute atomic E-state index is 10.6. The Morgan fingerprint density at radius 3 is 3.10 bits per heavy atom. The average Bonchev–Trinajstić information content (AvgIpc) is 1.88. The van der Waals surface area contributed by atoms with Crippen molar-refractivity contribution in [3.05, 3.63) is 23.3 Å². The lowest BCUT2D eigenvalue weighted by molar-refractivity contribution is -0.116. The van der Waals surface area contributed by atoms with Crippen LogP contribution in [0.15, 0.2) is 23.3 Å². The third kappa shape index (κ3) is 2.27. The molecular formula is C7H9NOS. The van der Waals surface area contributed by atoms with E-state index in [2.05, 4.69) is 4.72 Å². The van der Waals surface area contributed by atoms with Crippen molar-refractivity contribution in [1.29, 1.82) is 0 Å². The van der Waals surface area contributed by atoms with Crippen LogP contribution in [0.5, 0.6) is 0 Å². The monoisotopic (exact) mass is 155 g/mol. The number of allylic oxidation sites excluding steroid dienone is 3. The van der Waals surface area contributed by atoms with Crippen LogP contribution in [0.1, 0.15) is 13.3 Å². The van der Waals surface area contributed by atoms with E-state index in [0.29, 0.717) is 6.42 Å². The van der Waals surface area contributed by atoms with E-state index in [1.54, 1.807) is 6.92 Å².